The van der Waals surface area contributed by atoms with E-state index in [4.69, 9.17) is 0 Å². The molecule has 24 heavy (non-hydrogen) atoms. The summed E-state index contributed by atoms with van der Waals surface area (Å²) in [5.41, 5.74) is 1.37. The van der Waals surface area contributed by atoms with Gasteiger partial charge in [0.25, 0.3) is 0 Å². The molecule has 0 spiro atoms. The van der Waals surface area contributed by atoms with E-state index in [0.717, 1.165) is 39.1 Å². The molecule has 2 aliphatic rings. The summed E-state index contributed by atoms with van der Waals surface area (Å²) in [6.45, 7) is 7.46. The number of halogens is 1. The highest BCUT2D eigenvalue weighted by molar-refractivity contribution is 5.85. The Morgan fingerprint density at radius 3 is 2.83 bits per heavy atom. The van der Waals surface area contributed by atoms with Crippen molar-refractivity contribution in [3.05, 3.63) is 35.9 Å². The number of hydrogen-bond acceptors (Lipinski definition) is 3. The number of likely N-dealkylation sites (tertiary alicyclic amines) is 1. The smallest absolute Gasteiger partial charge is 0.220 e. The fourth-order valence-electron chi connectivity index (χ4n) is 3.84. The van der Waals surface area contributed by atoms with E-state index in [1.54, 1.807) is 0 Å². The number of carbonyl (C=O) groups excluding carboxylic acids is 1. The predicted molar refractivity (Wildman–Crippen MR) is 100 cm³/mol. The predicted octanol–water partition coefficient (Wildman–Crippen LogP) is 2.43. The third kappa shape index (κ3) is 5.47. The van der Waals surface area contributed by atoms with Crippen LogP contribution in [0, 0.1) is 11.8 Å². The Bertz CT molecular complexity index is 505. The van der Waals surface area contributed by atoms with Crippen LogP contribution in [0.25, 0.3) is 0 Å². The van der Waals surface area contributed by atoms with E-state index in [0.29, 0.717) is 18.3 Å². The highest BCUT2D eigenvalue weighted by Gasteiger charge is 2.28. The van der Waals surface area contributed by atoms with Crippen LogP contribution in [0.15, 0.2) is 30.3 Å². The highest BCUT2D eigenvalue weighted by atomic mass is 35.5. The van der Waals surface area contributed by atoms with Gasteiger partial charge in [-0.05, 0) is 56.8 Å². The second-order valence-corrected chi connectivity index (χ2v) is 7.19. The van der Waals surface area contributed by atoms with Crippen LogP contribution < -0.4 is 10.6 Å². The Kier molecular flexibility index (Phi) is 7.53. The van der Waals surface area contributed by atoms with E-state index in [1.807, 2.05) is 0 Å². The Hall–Kier alpha value is -1.10. The first-order valence-corrected chi connectivity index (χ1v) is 8.97. The van der Waals surface area contributed by atoms with Crippen molar-refractivity contribution >= 4 is 18.3 Å². The van der Waals surface area contributed by atoms with Gasteiger partial charge in [-0.2, -0.15) is 0 Å². The molecule has 2 N–H and O–H groups in total. The second kappa shape index (κ2) is 9.40. The number of hydrogen-bond donors (Lipinski definition) is 2. The summed E-state index contributed by atoms with van der Waals surface area (Å²) < 4.78 is 0. The van der Waals surface area contributed by atoms with Crippen molar-refractivity contribution in [1.82, 2.24) is 15.5 Å². The molecular formula is C19H30ClN3O. The first kappa shape index (κ1) is 19.2. The van der Waals surface area contributed by atoms with Crippen LogP contribution in [0.4, 0.5) is 0 Å². The van der Waals surface area contributed by atoms with Crippen molar-refractivity contribution in [1.29, 1.82) is 0 Å². The molecule has 0 aliphatic carbocycles. The average molecular weight is 352 g/mol. The molecule has 1 aromatic rings. The molecule has 4 nitrogen and oxygen atoms in total. The molecule has 3 unspecified atom stereocenters. The van der Waals surface area contributed by atoms with Crippen LogP contribution in [-0.4, -0.2) is 43.0 Å². The molecule has 1 aromatic carbocycles. The topological polar surface area (TPSA) is 44.4 Å². The molecule has 0 saturated carbocycles. The van der Waals surface area contributed by atoms with Gasteiger partial charge in [0.05, 0.1) is 0 Å². The van der Waals surface area contributed by atoms with Gasteiger partial charge in [-0.15, -0.1) is 12.4 Å². The molecule has 2 fully saturated rings. The summed E-state index contributed by atoms with van der Waals surface area (Å²) in [5.74, 6) is 1.33. The highest BCUT2D eigenvalue weighted by Crippen LogP contribution is 2.22. The van der Waals surface area contributed by atoms with Crippen molar-refractivity contribution < 1.29 is 4.79 Å². The Balaban J connectivity index is 0.00000208. The number of amides is 1. The van der Waals surface area contributed by atoms with Crippen molar-refractivity contribution in [2.45, 2.75) is 38.8 Å². The van der Waals surface area contributed by atoms with Crippen molar-refractivity contribution in [3.8, 4) is 0 Å². The minimum absolute atomic E-state index is 0. The van der Waals surface area contributed by atoms with Crippen LogP contribution in [0.3, 0.4) is 0 Å². The first-order valence-electron chi connectivity index (χ1n) is 8.97. The number of nitrogens with one attached hydrogen (secondary N) is 2. The maximum atomic E-state index is 12.2. The van der Waals surface area contributed by atoms with Crippen LogP contribution >= 0.6 is 12.4 Å². The van der Waals surface area contributed by atoms with Gasteiger partial charge < -0.3 is 10.6 Å². The molecule has 0 radical (unpaired) electrons. The van der Waals surface area contributed by atoms with E-state index in [-0.39, 0.29) is 24.4 Å². The van der Waals surface area contributed by atoms with Crippen molar-refractivity contribution in [3.63, 3.8) is 0 Å². The van der Waals surface area contributed by atoms with Crippen LogP contribution in [0.5, 0.6) is 0 Å². The lowest BCUT2D eigenvalue weighted by Gasteiger charge is -2.22. The fourth-order valence-corrected chi connectivity index (χ4v) is 3.84. The summed E-state index contributed by atoms with van der Waals surface area (Å²) in [6, 6.07) is 10.9. The molecule has 2 aliphatic heterocycles. The SMILES string of the molecule is CC(NC(=O)CC1CCNC1)C1CCN(Cc2ccccc2)C1.Cl. The molecule has 2 heterocycles. The van der Waals surface area contributed by atoms with Crippen LogP contribution in [-0.2, 0) is 11.3 Å². The van der Waals surface area contributed by atoms with Gasteiger partial charge >= 0.3 is 0 Å². The zero-order chi connectivity index (χ0) is 16.1. The molecule has 0 bridgehead atoms. The minimum Gasteiger partial charge on any atom is -0.353 e. The molecule has 1 amide bonds. The van der Waals surface area contributed by atoms with Gasteiger partial charge in [-0.25, -0.2) is 0 Å². The van der Waals surface area contributed by atoms with Gasteiger partial charge in [0.2, 0.25) is 5.91 Å². The third-order valence-electron chi connectivity index (χ3n) is 5.29. The van der Waals surface area contributed by atoms with E-state index < -0.39 is 0 Å². The Labute approximate surface area is 151 Å². The summed E-state index contributed by atoms with van der Waals surface area (Å²) >= 11 is 0. The lowest BCUT2D eigenvalue weighted by atomic mass is 9.99. The third-order valence-corrected chi connectivity index (χ3v) is 5.29. The Morgan fingerprint density at radius 1 is 1.33 bits per heavy atom. The summed E-state index contributed by atoms with van der Waals surface area (Å²) in [4.78, 5) is 14.7. The standard InChI is InChI=1S/C19H29N3O.ClH/c1-15(21-19(23)11-17-7-9-20-12-17)18-8-10-22(14-18)13-16-5-3-2-4-6-16;/h2-6,15,17-18,20H,7-14H2,1H3,(H,21,23);1H. The number of nitrogens with zero attached hydrogens (tertiary/aromatic N) is 1. The van der Waals surface area contributed by atoms with Gasteiger partial charge in [-0.3, -0.25) is 9.69 Å². The fraction of sp³-hybridized carbons (Fsp3) is 0.632. The first-order chi connectivity index (χ1) is 11.2. The zero-order valence-corrected chi connectivity index (χ0v) is 15.4. The van der Waals surface area contributed by atoms with E-state index in [2.05, 4.69) is 52.8 Å². The van der Waals surface area contributed by atoms with Gasteiger partial charge in [-0.1, -0.05) is 30.3 Å². The van der Waals surface area contributed by atoms with Crippen LogP contribution in [0.1, 0.15) is 31.7 Å². The summed E-state index contributed by atoms with van der Waals surface area (Å²) in [7, 11) is 0. The van der Waals surface area contributed by atoms with Gasteiger partial charge in [0.15, 0.2) is 0 Å². The Morgan fingerprint density at radius 2 is 2.12 bits per heavy atom. The molecule has 134 valence electrons. The average Bonchev–Trinajstić information content (AvgIpc) is 3.20. The normalized spacial score (nSPS) is 25.2. The lowest BCUT2D eigenvalue weighted by Crippen LogP contribution is -2.40. The second-order valence-electron chi connectivity index (χ2n) is 7.19. The molecule has 3 atom stereocenters. The number of carbonyl (C=O) groups is 1. The molecule has 0 aromatic heterocycles. The van der Waals surface area contributed by atoms with Crippen LogP contribution in [0.2, 0.25) is 0 Å². The summed E-state index contributed by atoms with van der Waals surface area (Å²) in [5, 5.41) is 6.57. The maximum absolute atomic E-state index is 12.2. The quantitative estimate of drug-likeness (QED) is 0.827. The molecule has 5 heteroatoms. The number of rotatable bonds is 6. The van der Waals surface area contributed by atoms with Gasteiger partial charge in [0, 0.05) is 25.6 Å². The van der Waals surface area contributed by atoms with Gasteiger partial charge in [0.1, 0.15) is 0 Å². The molecule has 2 saturated heterocycles. The summed E-state index contributed by atoms with van der Waals surface area (Å²) in [6.07, 6.45) is 2.99. The van der Waals surface area contributed by atoms with Crippen molar-refractivity contribution in [2.24, 2.45) is 11.8 Å². The zero-order valence-electron chi connectivity index (χ0n) is 14.5. The maximum Gasteiger partial charge on any atom is 0.220 e. The minimum atomic E-state index is 0. The van der Waals surface area contributed by atoms with E-state index in [9.17, 15) is 4.79 Å². The molecular weight excluding hydrogens is 322 g/mol. The van der Waals surface area contributed by atoms with Crippen molar-refractivity contribution in [2.75, 3.05) is 26.2 Å². The monoisotopic (exact) mass is 351 g/mol. The van der Waals surface area contributed by atoms with E-state index >= 15 is 0 Å². The largest absolute Gasteiger partial charge is 0.353 e. The number of benzene rings is 1. The molecule has 3 rings (SSSR count). The van der Waals surface area contributed by atoms with E-state index in [1.165, 1.54) is 12.0 Å². The lowest BCUT2D eigenvalue weighted by molar-refractivity contribution is -0.122.